The fourth-order valence-corrected chi connectivity index (χ4v) is 14.6. The lowest BCUT2D eigenvalue weighted by molar-refractivity contribution is -0.161. The minimum atomic E-state index is -4.96. The Labute approximate surface area is 632 Å². The van der Waals surface area contributed by atoms with Crippen molar-refractivity contribution < 1.29 is 80.2 Å². The van der Waals surface area contributed by atoms with E-state index in [0.29, 0.717) is 31.6 Å². The maximum absolute atomic E-state index is 13.1. The molecule has 0 saturated carbocycles. The van der Waals surface area contributed by atoms with Gasteiger partial charge in [-0.15, -0.1) is 0 Å². The van der Waals surface area contributed by atoms with Crippen molar-refractivity contribution in [3.63, 3.8) is 0 Å². The van der Waals surface area contributed by atoms with Crippen LogP contribution < -0.4 is 0 Å². The zero-order valence-electron chi connectivity index (χ0n) is 67.8. The summed E-state index contributed by atoms with van der Waals surface area (Å²) in [5, 5.41) is 10.7. The van der Waals surface area contributed by atoms with Gasteiger partial charge in [-0.2, -0.15) is 0 Å². The molecule has 103 heavy (non-hydrogen) atoms. The van der Waals surface area contributed by atoms with Crippen LogP contribution in [0.4, 0.5) is 0 Å². The fraction of sp³-hybridized carbons (Fsp3) is 0.952. The van der Waals surface area contributed by atoms with E-state index in [4.69, 9.17) is 37.0 Å². The van der Waals surface area contributed by atoms with Gasteiger partial charge in [-0.25, -0.2) is 9.13 Å². The number of unbranched alkanes of at least 4 members (excludes halogenated alkanes) is 50. The smallest absolute Gasteiger partial charge is 0.462 e. The van der Waals surface area contributed by atoms with E-state index in [0.717, 1.165) is 108 Å². The summed E-state index contributed by atoms with van der Waals surface area (Å²) in [6.07, 6.45) is 64.1. The second-order valence-electron chi connectivity index (χ2n) is 31.6. The van der Waals surface area contributed by atoms with E-state index >= 15 is 0 Å². The number of aliphatic hydroxyl groups is 1. The van der Waals surface area contributed by atoms with Gasteiger partial charge >= 0.3 is 39.5 Å². The average Bonchev–Trinajstić information content (AvgIpc) is 0.910. The normalized spacial score (nSPS) is 13.9. The standard InChI is InChI=1S/C84H164O17P2/c1-8-9-10-11-12-13-14-15-16-17-18-19-20-23-29-34-39-44-53-60-67-83(88)100-79(71-94-81(86)65-58-51-43-38-33-28-24-21-22-26-31-36-41-48-55-62-75(2)3)73-98-102(90,91)96-69-78(85)70-97-103(92,93)99-74-80(72-95-82(87)66-59-52-47-46-50-57-64-77(6)7)101-84(89)68-61-54-45-40-35-30-25-27-32-37-42-49-56-63-76(4)5/h75-80,85H,8-74H2,1-7H3,(H,90,91)(H,92,93)/t78-,79-,80-/m1/s1. The largest absolute Gasteiger partial charge is 0.472 e. The topological polar surface area (TPSA) is 237 Å². The van der Waals surface area contributed by atoms with Crippen LogP contribution in [0.25, 0.3) is 0 Å². The highest BCUT2D eigenvalue weighted by atomic mass is 31.2. The molecule has 3 N–H and O–H groups in total. The number of phosphoric acid groups is 2. The Morgan fingerprint density at radius 3 is 0.660 bits per heavy atom. The summed E-state index contributed by atoms with van der Waals surface area (Å²) in [5.41, 5.74) is 0. The summed E-state index contributed by atoms with van der Waals surface area (Å²) >= 11 is 0. The van der Waals surface area contributed by atoms with Crippen LogP contribution in [-0.2, 0) is 65.4 Å². The van der Waals surface area contributed by atoms with Gasteiger partial charge < -0.3 is 33.8 Å². The molecule has 5 atom stereocenters. The molecule has 0 aromatic carbocycles. The predicted molar refractivity (Wildman–Crippen MR) is 423 cm³/mol. The molecule has 0 heterocycles. The van der Waals surface area contributed by atoms with E-state index < -0.39 is 97.5 Å². The summed E-state index contributed by atoms with van der Waals surface area (Å²) in [4.78, 5) is 73.1. The number of hydrogen-bond donors (Lipinski definition) is 3. The molecule has 0 radical (unpaired) electrons. The number of rotatable bonds is 82. The van der Waals surface area contributed by atoms with Gasteiger partial charge in [-0.1, -0.05) is 389 Å². The highest BCUT2D eigenvalue weighted by molar-refractivity contribution is 7.47. The molecule has 19 heteroatoms. The van der Waals surface area contributed by atoms with Gasteiger partial charge in [-0.3, -0.25) is 37.3 Å². The Morgan fingerprint density at radius 1 is 0.262 bits per heavy atom. The summed E-state index contributed by atoms with van der Waals surface area (Å²) in [5.74, 6) is 0.163. The van der Waals surface area contributed by atoms with Crippen molar-refractivity contribution in [3.8, 4) is 0 Å². The van der Waals surface area contributed by atoms with Crippen LogP contribution in [0.3, 0.4) is 0 Å². The molecule has 2 unspecified atom stereocenters. The van der Waals surface area contributed by atoms with Crippen LogP contribution in [-0.4, -0.2) is 96.7 Å². The third-order valence-electron chi connectivity index (χ3n) is 19.6. The molecule has 0 fully saturated rings. The number of aliphatic hydroxyl groups excluding tert-OH is 1. The third kappa shape index (κ3) is 78.0. The zero-order valence-corrected chi connectivity index (χ0v) is 69.6. The Bertz CT molecular complexity index is 1990. The van der Waals surface area contributed by atoms with Gasteiger partial charge in [0.15, 0.2) is 12.2 Å². The lowest BCUT2D eigenvalue weighted by atomic mass is 10.0. The number of hydrogen-bond acceptors (Lipinski definition) is 15. The molecule has 0 aliphatic heterocycles. The van der Waals surface area contributed by atoms with Gasteiger partial charge in [0.1, 0.15) is 19.3 Å². The minimum absolute atomic E-state index is 0.106. The monoisotopic (exact) mass is 1510 g/mol. The fourth-order valence-electron chi connectivity index (χ4n) is 13.0. The Kier molecular flexibility index (Phi) is 72.8. The maximum atomic E-state index is 13.1. The summed E-state index contributed by atoms with van der Waals surface area (Å²) in [7, 11) is -9.92. The number of phosphoric ester groups is 2. The Hall–Kier alpha value is -1.94. The molecule has 0 aliphatic carbocycles. The average molecular weight is 1510 g/mol. The van der Waals surface area contributed by atoms with Crippen LogP contribution in [0, 0.1) is 17.8 Å². The van der Waals surface area contributed by atoms with E-state index in [-0.39, 0.29) is 25.7 Å². The molecule has 0 bridgehead atoms. The number of carbonyl (C=O) groups excluding carboxylic acids is 4. The molecule has 0 aromatic heterocycles. The molecular weight excluding hydrogens is 1340 g/mol. The molecular formula is C84H164O17P2. The predicted octanol–water partition coefficient (Wildman–Crippen LogP) is 25.3. The Balaban J connectivity index is 5.22. The molecule has 0 rings (SSSR count). The molecule has 0 aromatic rings. The minimum Gasteiger partial charge on any atom is -0.462 e. The van der Waals surface area contributed by atoms with Gasteiger partial charge in [0, 0.05) is 25.7 Å². The second kappa shape index (κ2) is 74.2. The van der Waals surface area contributed by atoms with Gasteiger partial charge in [0.05, 0.1) is 26.4 Å². The van der Waals surface area contributed by atoms with Crippen LogP contribution in [0.1, 0.15) is 440 Å². The van der Waals surface area contributed by atoms with Crippen molar-refractivity contribution >= 4 is 39.5 Å². The quantitative estimate of drug-likeness (QED) is 0.0222. The first kappa shape index (κ1) is 101. The highest BCUT2D eigenvalue weighted by Gasteiger charge is 2.30. The van der Waals surface area contributed by atoms with E-state index in [1.54, 1.807) is 0 Å². The van der Waals surface area contributed by atoms with Crippen molar-refractivity contribution in [2.45, 2.75) is 458 Å². The van der Waals surface area contributed by atoms with Crippen LogP contribution in [0.2, 0.25) is 0 Å². The SMILES string of the molecule is CCCCCCCCCCCCCCCCCCCCCCC(=O)O[C@H](COC(=O)CCCCCCCCCCCCCCCCCC(C)C)COP(=O)(O)OC[C@@H](O)COP(=O)(O)OC[C@@H](COC(=O)CCCCCCCCC(C)C)OC(=O)CCCCCCCCCCCCCCCC(C)C. The van der Waals surface area contributed by atoms with Crippen molar-refractivity contribution in [3.05, 3.63) is 0 Å². The third-order valence-corrected chi connectivity index (χ3v) is 21.5. The van der Waals surface area contributed by atoms with Gasteiger partial charge in [0.25, 0.3) is 0 Å². The van der Waals surface area contributed by atoms with Crippen molar-refractivity contribution in [2.24, 2.45) is 17.8 Å². The van der Waals surface area contributed by atoms with E-state index in [9.17, 15) is 43.2 Å². The van der Waals surface area contributed by atoms with Crippen LogP contribution in [0.5, 0.6) is 0 Å². The van der Waals surface area contributed by atoms with E-state index in [2.05, 4.69) is 48.5 Å². The second-order valence-corrected chi connectivity index (χ2v) is 34.6. The van der Waals surface area contributed by atoms with Crippen LogP contribution >= 0.6 is 15.6 Å². The summed E-state index contributed by atoms with van der Waals surface area (Å²) in [6, 6.07) is 0. The van der Waals surface area contributed by atoms with E-state index in [1.165, 1.54) is 244 Å². The van der Waals surface area contributed by atoms with Crippen molar-refractivity contribution in [1.29, 1.82) is 0 Å². The number of carbonyl (C=O) groups is 4. The first-order chi connectivity index (χ1) is 49.7. The summed E-state index contributed by atoms with van der Waals surface area (Å²) in [6.45, 7) is 11.9. The van der Waals surface area contributed by atoms with Crippen molar-refractivity contribution in [2.75, 3.05) is 39.6 Å². The van der Waals surface area contributed by atoms with Crippen LogP contribution in [0.15, 0.2) is 0 Å². The Morgan fingerprint density at radius 2 is 0.447 bits per heavy atom. The molecule has 0 amide bonds. The molecule has 612 valence electrons. The maximum Gasteiger partial charge on any atom is 0.472 e. The van der Waals surface area contributed by atoms with Gasteiger partial charge in [-0.05, 0) is 43.4 Å². The molecule has 0 spiro atoms. The molecule has 0 aliphatic rings. The molecule has 17 nitrogen and oxygen atoms in total. The first-order valence-electron chi connectivity index (χ1n) is 43.3. The lowest BCUT2D eigenvalue weighted by Crippen LogP contribution is -2.30. The number of esters is 4. The zero-order chi connectivity index (χ0) is 75.8. The van der Waals surface area contributed by atoms with E-state index in [1.807, 2.05) is 0 Å². The molecule has 0 saturated heterocycles. The number of ether oxygens (including phenoxy) is 4. The van der Waals surface area contributed by atoms with Crippen molar-refractivity contribution in [1.82, 2.24) is 0 Å². The first-order valence-corrected chi connectivity index (χ1v) is 46.3. The summed E-state index contributed by atoms with van der Waals surface area (Å²) < 4.78 is 68.8. The lowest BCUT2D eigenvalue weighted by Gasteiger charge is -2.21. The highest BCUT2D eigenvalue weighted by Crippen LogP contribution is 2.45. The van der Waals surface area contributed by atoms with Gasteiger partial charge in [0.2, 0.25) is 0 Å².